The number of hydrogen-bond donors (Lipinski definition) is 1. The maximum Gasteiger partial charge on any atom is 0.306 e. The molecule has 1 rings (SSSR count). The molecule has 0 aromatic heterocycles. The van der Waals surface area contributed by atoms with Crippen molar-refractivity contribution in [2.75, 3.05) is 5.73 Å². The van der Waals surface area contributed by atoms with Crippen molar-refractivity contribution in [3.63, 3.8) is 0 Å². The van der Waals surface area contributed by atoms with Gasteiger partial charge in [-0.25, -0.2) is 0 Å². The van der Waals surface area contributed by atoms with E-state index in [0.717, 1.165) is 14.7 Å². The third-order valence-electron chi connectivity index (χ3n) is 2.69. The number of nitrogens with two attached hydrogens (primary N) is 1. The van der Waals surface area contributed by atoms with Crippen molar-refractivity contribution in [1.82, 2.24) is 0 Å². The van der Waals surface area contributed by atoms with Gasteiger partial charge in [0.1, 0.15) is 5.75 Å². The van der Waals surface area contributed by atoms with Crippen molar-refractivity contribution in [3.05, 3.63) is 25.8 Å². The molecule has 0 atom stereocenters. The smallest absolute Gasteiger partial charge is 0.306 e. The molecule has 1 aromatic rings. The van der Waals surface area contributed by atoms with E-state index in [4.69, 9.17) is 5.73 Å². The molecule has 0 aliphatic rings. The Kier molecular flexibility index (Phi) is 3.83. The summed E-state index contributed by atoms with van der Waals surface area (Å²) in [5.74, 6) is -0.606. The van der Waals surface area contributed by atoms with Gasteiger partial charge < -0.3 is 5.73 Å². The summed E-state index contributed by atoms with van der Waals surface area (Å²) >= 11 is 2.09. The molecule has 2 N–H and O–H groups in total. The Bertz CT molecular complexity index is 511. The number of rotatable bonds is 2. The molecule has 0 radical (unpaired) electrons. The third kappa shape index (κ3) is 2.65. The van der Waals surface area contributed by atoms with Gasteiger partial charge in [-0.15, -0.1) is 3.89 Å². The van der Waals surface area contributed by atoms with E-state index in [1.165, 1.54) is 0 Å². The highest BCUT2D eigenvalue weighted by Crippen LogP contribution is 2.31. The third-order valence-corrected chi connectivity index (χ3v) is 4.94. The van der Waals surface area contributed by atoms with Gasteiger partial charge in [0.15, 0.2) is 0 Å². The lowest BCUT2D eigenvalue weighted by atomic mass is 9.99. The van der Waals surface area contributed by atoms with Gasteiger partial charge >= 0.3 is 10.2 Å². The molecule has 0 unspecified atom stereocenters. The van der Waals surface area contributed by atoms with E-state index in [2.05, 4.69) is 22.6 Å². The Morgan fingerprint density at radius 3 is 2.12 bits per heavy atom. The van der Waals surface area contributed by atoms with Gasteiger partial charge in [-0.05, 0) is 65.6 Å². The summed E-state index contributed by atoms with van der Waals surface area (Å²) in [6.07, 6.45) is 0. The lowest BCUT2D eigenvalue weighted by Gasteiger charge is -2.16. The molecule has 90 valence electrons. The summed E-state index contributed by atoms with van der Waals surface area (Å²) < 4.78 is 35.0. The minimum Gasteiger partial charge on any atom is -0.398 e. The van der Waals surface area contributed by atoms with Crippen LogP contribution in [0.25, 0.3) is 0 Å². The predicted molar refractivity (Wildman–Crippen MR) is 71.5 cm³/mol. The predicted octanol–water partition coefficient (Wildman–Crippen LogP) is 2.60. The van der Waals surface area contributed by atoms with Gasteiger partial charge in [-0.3, -0.25) is 0 Å². The van der Waals surface area contributed by atoms with Crippen LogP contribution in [0.1, 0.15) is 22.3 Å². The van der Waals surface area contributed by atoms with Crippen LogP contribution in [0.3, 0.4) is 0 Å². The number of halogens is 2. The van der Waals surface area contributed by atoms with Crippen LogP contribution in [0.5, 0.6) is 0 Å². The Balaban J connectivity index is 3.52. The van der Waals surface area contributed by atoms with Gasteiger partial charge in [0.25, 0.3) is 0 Å². The Hall–Kier alpha value is -0.370. The molecule has 6 heteroatoms. The second-order valence-electron chi connectivity index (χ2n) is 3.76. The number of benzene rings is 1. The molecule has 0 fully saturated rings. The van der Waals surface area contributed by atoms with Crippen LogP contribution >= 0.6 is 22.6 Å². The van der Waals surface area contributed by atoms with Crippen molar-refractivity contribution < 1.29 is 12.3 Å². The van der Waals surface area contributed by atoms with Crippen LogP contribution in [-0.2, 0) is 16.0 Å². The molecule has 0 aliphatic heterocycles. The first-order chi connectivity index (χ1) is 7.15. The largest absolute Gasteiger partial charge is 0.398 e. The Labute approximate surface area is 109 Å². The Morgan fingerprint density at radius 2 is 1.69 bits per heavy atom. The maximum absolute atomic E-state index is 12.7. The summed E-state index contributed by atoms with van der Waals surface area (Å²) in [5.41, 5.74) is 9.20. The topological polar surface area (TPSA) is 60.2 Å². The molecule has 0 saturated heterocycles. The average Bonchev–Trinajstić information content (AvgIpc) is 2.17. The fraction of sp³-hybridized carbons (Fsp3) is 0.400. The molecule has 0 bridgehead atoms. The van der Waals surface area contributed by atoms with Gasteiger partial charge in [0.05, 0.1) is 0 Å². The lowest BCUT2D eigenvalue weighted by Crippen LogP contribution is -2.08. The van der Waals surface area contributed by atoms with Gasteiger partial charge in [0, 0.05) is 9.26 Å². The molecule has 0 spiro atoms. The highest BCUT2D eigenvalue weighted by molar-refractivity contribution is 14.1. The molecular formula is C10H13FINO2S. The van der Waals surface area contributed by atoms with E-state index in [0.29, 0.717) is 16.8 Å². The van der Waals surface area contributed by atoms with Crippen LogP contribution in [0.2, 0.25) is 0 Å². The standard InChI is InChI=1S/C10H13FINO2S/c1-5-8(4-16(11,14)15)6(2)10(13)7(3)9(5)12/h4,13H2,1-3H3. The quantitative estimate of drug-likeness (QED) is 0.503. The molecule has 16 heavy (non-hydrogen) atoms. The average molecular weight is 357 g/mol. The van der Waals surface area contributed by atoms with E-state index in [1.54, 1.807) is 13.8 Å². The van der Waals surface area contributed by atoms with Gasteiger partial charge in [0.2, 0.25) is 0 Å². The van der Waals surface area contributed by atoms with Crippen molar-refractivity contribution in [1.29, 1.82) is 0 Å². The van der Waals surface area contributed by atoms with Gasteiger partial charge in [-0.2, -0.15) is 8.42 Å². The SMILES string of the molecule is Cc1c(N)c(C)c(CS(=O)(=O)F)c(C)c1I. The fourth-order valence-corrected chi connectivity index (χ4v) is 3.04. The molecule has 0 aliphatic carbocycles. The van der Waals surface area contributed by atoms with Crippen molar-refractivity contribution in [3.8, 4) is 0 Å². The van der Waals surface area contributed by atoms with E-state index in [1.807, 2.05) is 6.92 Å². The van der Waals surface area contributed by atoms with Crippen molar-refractivity contribution in [2.45, 2.75) is 26.5 Å². The van der Waals surface area contributed by atoms with E-state index in [-0.39, 0.29) is 0 Å². The first-order valence-electron chi connectivity index (χ1n) is 4.61. The van der Waals surface area contributed by atoms with E-state index < -0.39 is 16.0 Å². The molecule has 0 saturated carbocycles. The number of nitrogen functional groups attached to an aromatic ring is 1. The molecule has 0 heterocycles. The summed E-state index contributed by atoms with van der Waals surface area (Å²) in [4.78, 5) is 0. The highest BCUT2D eigenvalue weighted by atomic mass is 127. The summed E-state index contributed by atoms with van der Waals surface area (Å²) in [6.45, 7) is 5.36. The zero-order valence-corrected chi connectivity index (χ0v) is 12.2. The zero-order chi connectivity index (χ0) is 12.7. The summed E-state index contributed by atoms with van der Waals surface area (Å²) in [6, 6.07) is 0. The van der Waals surface area contributed by atoms with Crippen LogP contribution < -0.4 is 5.73 Å². The number of hydrogen-bond acceptors (Lipinski definition) is 3. The van der Waals surface area contributed by atoms with E-state index in [9.17, 15) is 12.3 Å². The lowest BCUT2D eigenvalue weighted by molar-refractivity contribution is 0.550. The second-order valence-corrected chi connectivity index (χ2v) is 6.21. The fourth-order valence-electron chi connectivity index (χ4n) is 1.65. The van der Waals surface area contributed by atoms with Crippen LogP contribution in [0.15, 0.2) is 0 Å². The number of anilines is 1. The monoisotopic (exact) mass is 357 g/mol. The minimum absolute atomic E-state index is 0.468. The van der Waals surface area contributed by atoms with Crippen LogP contribution in [0.4, 0.5) is 9.57 Å². The van der Waals surface area contributed by atoms with Crippen LogP contribution in [-0.4, -0.2) is 8.42 Å². The molecule has 0 amide bonds. The Morgan fingerprint density at radius 1 is 1.19 bits per heavy atom. The minimum atomic E-state index is -4.53. The highest BCUT2D eigenvalue weighted by Gasteiger charge is 2.18. The second kappa shape index (κ2) is 4.48. The summed E-state index contributed by atoms with van der Waals surface area (Å²) in [7, 11) is -4.53. The first kappa shape index (κ1) is 13.7. The molecular weight excluding hydrogens is 344 g/mol. The van der Waals surface area contributed by atoms with Crippen molar-refractivity contribution in [2.24, 2.45) is 0 Å². The molecule has 3 nitrogen and oxygen atoms in total. The van der Waals surface area contributed by atoms with Crippen LogP contribution in [0, 0.1) is 24.3 Å². The van der Waals surface area contributed by atoms with Gasteiger partial charge in [-0.1, -0.05) is 0 Å². The summed E-state index contributed by atoms with van der Waals surface area (Å²) in [5, 5.41) is 0. The van der Waals surface area contributed by atoms with E-state index >= 15 is 0 Å². The maximum atomic E-state index is 12.7. The zero-order valence-electron chi connectivity index (χ0n) is 9.27. The van der Waals surface area contributed by atoms with Crippen molar-refractivity contribution >= 4 is 38.5 Å². The molecule has 1 aromatic carbocycles. The first-order valence-corrected chi connectivity index (χ1v) is 7.24. The normalized spacial score (nSPS) is 11.8.